The van der Waals surface area contributed by atoms with E-state index in [-0.39, 0.29) is 0 Å². The molecule has 0 saturated heterocycles. The summed E-state index contributed by atoms with van der Waals surface area (Å²) in [5, 5.41) is 2.36. The molecule has 0 saturated carbocycles. The standard InChI is InChI=1S/C18H15Cl2.2ClH.Zr/c1-12-10-15-13(2)8-9-17(16(15)11-12)18(19,20)14-6-4-3-5-7-14;;;/h3-11H,1-2H3;2*1H;/q-1;;;+2/p-2. The summed E-state index contributed by atoms with van der Waals surface area (Å²) in [7, 11) is 9.87. The van der Waals surface area contributed by atoms with Crippen LogP contribution in [0.4, 0.5) is 0 Å². The Morgan fingerprint density at radius 3 is 2.17 bits per heavy atom. The first-order valence-corrected chi connectivity index (χ1v) is 14.1. The molecule has 5 heteroatoms. The second kappa shape index (κ2) is 8.46. The molecule has 0 nitrogen and oxygen atoms in total. The molecule has 3 aromatic carbocycles. The van der Waals surface area contributed by atoms with Crippen LogP contribution in [0.2, 0.25) is 0 Å². The molecule has 0 aliphatic rings. The zero-order chi connectivity index (χ0) is 17.0. The zero-order valence-corrected chi connectivity index (χ0v) is 18.2. The summed E-state index contributed by atoms with van der Waals surface area (Å²) in [6.07, 6.45) is 0. The molecule has 0 unspecified atom stereocenters. The first kappa shape index (κ1) is 19.4. The van der Waals surface area contributed by atoms with Gasteiger partial charge in [-0.25, -0.2) is 0 Å². The average Bonchev–Trinajstić information content (AvgIpc) is 2.91. The van der Waals surface area contributed by atoms with Crippen LogP contribution in [0.1, 0.15) is 22.3 Å². The number of hydrogen-bond acceptors (Lipinski definition) is 0. The number of halogens is 4. The van der Waals surface area contributed by atoms with Crippen molar-refractivity contribution < 1.29 is 20.8 Å². The number of aryl methyl sites for hydroxylation is 2. The van der Waals surface area contributed by atoms with Gasteiger partial charge in [0, 0.05) is 0 Å². The molecule has 0 radical (unpaired) electrons. The Hall–Kier alpha value is 0.0931. The van der Waals surface area contributed by atoms with E-state index in [0.717, 1.165) is 16.5 Å². The van der Waals surface area contributed by atoms with Gasteiger partial charge in [-0.05, 0) is 5.56 Å². The van der Waals surface area contributed by atoms with Gasteiger partial charge in [0.05, 0.1) is 0 Å². The van der Waals surface area contributed by atoms with Crippen LogP contribution in [-0.2, 0) is 25.2 Å². The van der Waals surface area contributed by atoms with E-state index in [9.17, 15) is 0 Å². The molecule has 120 valence electrons. The van der Waals surface area contributed by atoms with Gasteiger partial charge < -0.3 is 0 Å². The van der Waals surface area contributed by atoms with Crippen molar-refractivity contribution in [3.63, 3.8) is 0 Å². The summed E-state index contributed by atoms with van der Waals surface area (Å²) in [4.78, 5) is 0. The number of alkyl halides is 2. The van der Waals surface area contributed by atoms with Gasteiger partial charge in [0.15, 0.2) is 4.33 Å². The van der Waals surface area contributed by atoms with Crippen molar-refractivity contribution in [3.8, 4) is 0 Å². The molecule has 0 aliphatic heterocycles. The Balaban J connectivity index is 0.000000595. The van der Waals surface area contributed by atoms with E-state index in [1.54, 1.807) is 0 Å². The summed E-state index contributed by atoms with van der Waals surface area (Å²) in [5.41, 5.74) is 4.31. The fraction of sp³-hybridized carbons (Fsp3) is 0.167. The molecule has 0 atom stereocenters. The van der Waals surface area contributed by atoms with Crippen LogP contribution in [0.15, 0.2) is 54.6 Å². The van der Waals surface area contributed by atoms with Crippen LogP contribution >= 0.6 is 40.2 Å². The van der Waals surface area contributed by atoms with Crippen LogP contribution in [0.5, 0.6) is 0 Å². The Kier molecular flexibility index (Phi) is 7.14. The molecular weight excluding hydrogens is 449 g/mol. The van der Waals surface area contributed by atoms with E-state index < -0.39 is 25.2 Å². The number of fused-ring (bicyclic) bond motifs is 1. The minimum absolute atomic E-state index is 0.826. The summed E-state index contributed by atoms with van der Waals surface area (Å²) in [6.45, 7) is 4.20. The van der Waals surface area contributed by atoms with Crippen LogP contribution in [0.3, 0.4) is 0 Å². The number of benzene rings is 2. The maximum absolute atomic E-state index is 6.69. The SMILES string of the molecule is Cc1cc2c(C(Cl)(Cl)c3ccccc3)ccc(C)c2[cH-]1.[Cl][Zr][Cl]. The van der Waals surface area contributed by atoms with Crippen LogP contribution in [0, 0.1) is 13.8 Å². The second-order valence-corrected chi connectivity index (χ2v) is 10.4. The Labute approximate surface area is 165 Å². The van der Waals surface area contributed by atoms with E-state index in [4.69, 9.17) is 40.2 Å². The molecular formula is C18H15Cl4Zr-. The third-order valence-electron chi connectivity index (χ3n) is 3.72. The van der Waals surface area contributed by atoms with E-state index in [1.807, 2.05) is 36.4 Å². The van der Waals surface area contributed by atoms with Crippen molar-refractivity contribution in [1.82, 2.24) is 0 Å². The van der Waals surface area contributed by atoms with Crippen LogP contribution < -0.4 is 0 Å². The van der Waals surface area contributed by atoms with Gasteiger partial charge in [0.25, 0.3) is 0 Å². The van der Waals surface area contributed by atoms with Gasteiger partial charge in [0.2, 0.25) is 0 Å². The first-order valence-electron chi connectivity index (χ1n) is 6.98. The summed E-state index contributed by atoms with van der Waals surface area (Å²) >= 11 is 12.6. The van der Waals surface area contributed by atoms with Gasteiger partial charge in [-0.3, -0.25) is 0 Å². The van der Waals surface area contributed by atoms with Crippen molar-refractivity contribution in [2.24, 2.45) is 0 Å². The van der Waals surface area contributed by atoms with E-state index in [0.29, 0.717) is 0 Å². The Morgan fingerprint density at radius 2 is 1.57 bits per heavy atom. The summed E-state index contributed by atoms with van der Waals surface area (Å²) < 4.78 is -1.03. The van der Waals surface area contributed by atoms with E-state index >= 15 is 0 Å². The molecule has 0 fully saturated rings. The van der Waals surface area contributed by atoms with Crippen molar-refractivity contribution >= 4 is 51.0 Å². The molecule has 0 spiro atoms. The second-order valence-electron chi connectivity index (χ2n) is 5.30. The first-order chi connectivity index (χ1) is 10.9. The molecule has 0 amide bonds. The molecule has 3 rings (SSSR count). The quantitative estimate of drug-likeness (QED) is 0.277. The monoisotopic (exact) mass is 461 g/mol. The zero-order valence-electron chi connectivity index (χ0n) is 12.7. The van der Waals surface area contributed by atoms with Crippen LogP contribution in [-0.4, -0.2) is 0 Å². The summed E-state index contributed by atoms with van der Waals surface area (Å²) in [6, 6.07) is 18.2. The van der Waals surface area contributed by atoms with Gasteiger partial charge in [-0.2, -0.15) is 6.07 Å². The molecule has 3 aromatic rings. The molecule has 0 aliphatic carbocycles. The molecule has 0 bridgehead atoms. The van der Waals surface area contributed by atoms with E-state index in [2.05, 4.69) is 32.0 Å². The molecule has 0 heterocycles. The number of hydrogen-bond donors (Lipinski definition) is 0. The molecule has 0 aromatic heterocycles. The van der Waals surface area contributed by atoms with Crippen molar-refractivity contribution in [1.29, 1.82) is 0 Å². The molecule has 0 N–H and O–H groups in total. The van der Waals surface area contributed by atoms with Crippen molar-refractivity contribution in [2.45, 2.75) is 18.2 Å². The predicted octanol–water partition coefficient (Wildman–Crippen LogP) is 7.23. The van der Waals surface area contributed by atoms with Gasteiger partial charge >= 0.3 is 37.9 Å². The van der Waals surface area contributed by atoms with E-state index in [1.165, 1.54) is 16.5 Å². The Morgan fingerprint density at radius 1 is 0.957 bits per heavy atom. The molecule has 23 heavy (non-hydrogen) atoms. The summed E-state index contributed by atoms with van der Waals surface area (Å²) in [5.74, 6) is 0. The minimum atomic E-state index is -1.03. The Bertz CT molecular complexity index is 778. The maximum atomic E-state index is 6.69. The van der Waals surface area contributed by atoms with Gasteiger partial charge in [-0.15, -0.1) is 34.0 Å². The van der Waals surface area contributed by atoms with Crippen LogP contribution in [0.25, 0.3) is 10.8 Å². The number of rotatable bonds is 2. The fourth-order valence-electron chi connectivity index (χ4n) is 2.67. The van der Waals surface area contributed by atoms with Gasteiger partial charge in [0.1, 0.15) is 0 Å². The normalized spacial score (nSPS) is 11.0. The topological polar surface area (TPSA) is 0 Å². The van der Waals surface area contributed by atoms with Gasteiger partial charge in [-0.1, -0.05) is 79.0 Å². The van der Waals surface area contributed by atoms with Crippen molar-refractivity contribution in [2.75, 3.05) is 0 Å². The fourth-order valence-corrected chi connectivity index (χ4v) is 3.25. The average molecular weight is 464 g/mol. The predicted molar refractivity (Wildman–Crippen MR) is 99.6 cm³/mol. The third kappa shape index (κ3) is 4.39. The third-order valence-corrected chi connectivity index (χ3v) is 4.57. The van der Waals surface area contributed by atoms with Crippen molar-refractivity contribution in [3.05, 3.63) is 76.9 Å².